The van der Waals surface area contributed by atoms with Gasteiger partial charge in [-0.2, -0.15) is 5.26 Å². The van der Waals surface area contributed by atoms with Crippen molar-refractivity contribution < 1.29 is 0 Å². The van der Waals surface area contributed by atoms with Gasteiger partial charge in [0.1, 0.15) is 0 Å². The number of nitrogens with zero attached hydrogens (tertiary/aromatic N) is 1. The molecule has 1 atom stereocenters. The standard InChI is InChI=1S/C12H21N/c1-9(2)11-4-6-12(7-5-11)10(3)8-13/h9-12H,4-7H2,1-3H3. The molecule has 0 radical (unpaired) electrons. The fourth-order valence-corrected chi connectivity index (χ4v) is 2.42. The van der Waals surface area contributed by atoms with Crippen LogP contribution in [0.3, 0.4) is 0 Å². The Kier molecular flexibility index (Phi) is 3.78. The SMILES string of the molecule is CC(C)C1CCC(C(C)C#N)CC1. The summed E-state index contributed by atoms with van der Waals surface area (Å²) >= 11 is 0. The molecule has 1 saturated carbocycles. The summed E-state index contributed by atoms with van der Waals surface area (Å²) in [4.78, 5) is 0. The Balaban J connectivity index is 2.35. The molecule has 1 rings (SSSR count). The summed E-state index contributed by atoms with van der Waals surface area (Å²) < 4.78 is 0. The first-order valence-electron chi connectivity index (χ1n) is 5.54. The fourth-order valence-electron chi connectivity index (χ4n) is 2.42. The van der Waals surface area contributed by atoms with E-state index in [2.05, 4.69) is 26.8 Å². The van der Waals surface area contributed by atoms with E-state index in [1.807, 2.05) is 0 Å². The molecule has 0 aromatic carbocycles. The monoisotopic (exact) mass is 179 g/mol. The highest BCUT2D eigenvalue weighted by Gasteiger charge is 2.26. The lowest BCUT2D eigenvalue weighted by Gasteiger charge is -2.31. The van der Waals surface area contributed by atoms with Crippen LogP contribution in [0.5, 0.6) is 0 Å². The molecule has 0 bridgehead atoms. The van der Waals surface area contributed by atoms with Gasteiger partial charge in [0.05, 0.1) is 6.07 Å². The number of hydrogen-bond acceptors (Lipinski definition) is 1. The van der Waals surface area contributed by atoms with Gasteiger partial charge < -0.3 is 0 Å². The van der Waals surface area contributed by atoms with Crippen molar-refractivity contribution in [3.05, 3.63) is 0 Å². The first kappa shape index (κ1) is 10.6. The van der Waals surface area contributed by atoms with Gasteiger partial charge in [0.2, 0.25) is 0 Å². The van der Waals surface area contributed by atoms with E-state index in [1.54, 1.807) is 0 Å². The fraction of sp³-hybridized carbons (Fsp3) is 0.917. The van der Waals surface area contributed by atoms with Gasteiger partial charge in [-0.3, -0.25) is 0 Å². The third-order valence-electron chi connectivity index (χ3n) is 3.67. The van der Waals surface area contributed by atoms with Gasteiger partial charge in [-0.15, -0.1) is 0 Å². The average molecular weight is 179 g/mol. The summed E-state index contributed by atoms with van der Waals surface area (Å²) in [5, 5.41) is 8.81. The maximum absolute atomic E-state index is 8.81. The number of nitriles is 1. The highest BCUT2D eigenvalue weighted by Crippen LogP contribution is 2.36. The molecule has 0 saturated heterocycles. The first-order chi connectivity index (χ1) is 6.15. The van der Waals surface area contributed by atoms with Gasteiger partial charge in [-0.1, -0.05) is 13.8 Å². The number of hydrogen-bond donors (Lipinski definition) is 0. The van der Waals surface area contributed by atoms with Gasteiger partial charge in [-0.05, 0) is 50.4 Å². The van der Waals surface area contributed by atoms with Crippen LogP contribution < -0.4 is 0 Å². The average Bonchev–Trinajstić information content (AvgIpc) is 2.17. The van der Waals surface area contributed by atoms with Gasteiger partial charge >= 0.3 is 0 Å². The minimum Gasteiger partial charge on any atom is -0.198 e. The lowest BCUT2D eigenvalue weighted by atomic mass is 9.73. The Bertz CT molecular complexity index is 182. The molecule has 1 aliphatic carbocycles. The normalized spacial score (nSPS) is 31.3. The molecular weight excluding hydrogens is 158 g/mol. The number of rotatable bonds is 2. The summed E-state index contributed by atoms with van der Waals surface area (Å²) in [6.45, 7) is 6.71. The van der Waals surface area contributed by atoms with E-state index in [-0.39, 0.29) is 5.92 Å². The second kappa shape index (κ2) is 4.65. The van der Waals surface area contributed by atoms with Crippen molar-refractivity contribution in [2.24, 2.45) is 23.7 Å². The molecule has 74 valence electrons. The van der Waals surface area contributed by atoms with Crippen molar-refractivity contribution in [1.29, 1.82) is 5.26 Å². The maximum Gasteiger partial charge on any atom is 0.0655 e. The molecule has 1 heteroatoms. The van der Waals surface area contributed by atoms with Crippen LogP contribution in [-0.4, -0.2) is 0 Å². The summed E-state index contributed by atoms with van der Waals surface area (Å²) in [5.74, 6) is 2.70. The molecule has 1 unspecified atom stereocenters. The molecule has 1 aliphatic rings. The summed E-state index contributed by atoms with van der Waals surface area (Å²) in [6.07, 6.45) is 5.23. The van der Waals surface area contributed by atoms with Crippen LogP contribution in [0, 0.1) is 35.0 Å². The third kappa shape index (κ3) is 2.72. The van der Waals surface area contributed by atoms with E-state index >= 15 is 0 Å². The lowest BCUT2D eigenvalue weighted by molar-refractivity contribution is 0.201. The zero-order valence-corrected chi connectivity index (χ0v) is 9.09. The van der Waals surface area contributed by atoms with E-state index in [1.165, 1.54) is 25.7 Å². The molecule has 0 aromatic rings. The Morgan fingerprint density at radius 1 is 1.00 bits per heavy atom. The summed E-state index contributed by atoms with van der Waals surface area (Å²) in [5.41, 5.74) is 0. The van der Waals surface area contributed by atoms with Crippen molar-refractivity contribution in [3.8, 4) is 6.07 Å². The van der Waals surface area contributed by atoms with Gasteiger partial charge in [-0.25, -0.2) is 0 Å². The molecule has 0 N–H and O–H groups in total. The Morgan fingerprint density at radius 3 is 1.85 bits per heavy atom. The second-order valence-corrected chi connectivity index (χ2v) is 4.84. The van der Waals surface area contributed by atoms with Gasteiger partial charge in [0.15, 0.2) is 0 Å². The summed E-state index contributed by atoms with van der Waals surface area (Å²) in [7, 11) is 0. The van der Waals surface area contributed by atoms with Gasteiger partial charge in [0, 0.05) is 5.92 Å². The van der Waals surface area contributed by atoms with Crippen molar-refractivity contribution in [1.82, 2.24) is 0 Å². The highest BCUT2D eigenvalue weighted by molar-refractivity contribution is 4.87. The van der Waals surface area contributed by atoms with Crippen molar-refractivity contribution in [2.45, 2.75) is 46.5 Å². The van der Waals surface area contributed by atoms with Crippen molar-refractivity contribution in [3.63, 3.8) is 0 Å². The predicted molar refractivity (Wildman–Crippen MR) is 55.1 cm³/mol. The molecule has 1 nitrogen and oxygen atoms in total. The largest absolute Gasteiger partial charge is 0.198 e. The lowest BCUT2D eigenvalue weighted by Crippen LogP contribution is -2.22. The molecule has 0 aliphatic heterocycles. The second-order valence-electron chi connectivity index (χ2n) is 4.84. The van der Waals surface area contributed by atoms with Crippen molar-refractivity contribution in [2.75, 3.05) is 0 Å². The minimum absolute atomic E-state index is 0.271. The van der Waals surface area contributed by atoms with E-state index in [9.17, 15) is 0 Å². The predicted octanol–water partition coefficient (Wildman–Crippen LogP) is 3.61. The zero-order chi connectivity index (χ0) is 9.84. The van der Waals surface area contributed by atoms with Crippen LogP contribution in [0.2, 0.25) is 0 Å². The Labute approximate surface area is 82.1 Å². The minimum atomic E-state index is 0.271. The van der Waals surface area contributed by atoms with E-state index in [4.69, 9.17) is 5.26 Å². The van der Waals surface area contributed by atoms with E-state index < -0.39 is 0 Å². The first-order valence-corrected chi connectivity index (χ1v) is 5.54. The molecule has 0 spiro atoms. The van der Waals surface area contributed by atoms with Crippen LogP contribution in [0.4, 0.5) is 0 Å². The van der Waals surface area contributed by atoms with E-state index in [0.717, 1.165) is 11.8 Å². The topological polar surface area (TPSA) is 23.8 Å². The van der Waals surface area contributed by atoms with Crippen LogP contribution >= 0.6 is 0 Å². The quantitative estimate of drug-likeness (QED) is 0.635. The van der Waals surface area contributed by atoms with Crippen LogP contribution in [-0.2, 0) is 0 Å². The summed E-state index contributed by atoms with van der Waals surface area (Å²) in [6, 6.07) is 2.38. The van der Waals surface area contributed by atoms with Gasteiger partial charge in [0.25, 0.3) is 0 Å². The van der Waals surface area contributed by atoms with Crippen LogP contribution in [0.25, 0.3) is 0 Å². The molecule has 0 heterocycles. The van der Waals surface area contributed by atoms with E-state index in [0.29, 0.717) is 5.92 Å². The van der Waals surface area contributed by atoms with Crippen molar-refractivity contribution >= 4 is 0 Å². The zero-order valence-electron chi connectivity index (χ0n) is 9.09. The maximum atomic E-state index is 8.81. The molecule has 0 amide bonds. The highest BCUT2D eigenvalue weighted by atomic mass is 14.3. The molecule has 13 heavy (non-hydrogen) atoms. The molecule has 1 fully saturated rings. The molecular formula is C12H21N. The van der Waals surface area contributed by atoms with Crippen LogP contribution in [0.1, 0.15) is 46.5 Å². The van der Waals surface area contributed by atoms with Crippen LogP contribution in [0.15, 0.2) is 0 Å². The Morgan fingerprint density at radius 2 is 1.46 bits per heavy atom. The Hall–Kier alpha value is -0.510. The molecule has 0 aromatic heterocycles. The third-order valence-corrected chi connectivity index (χ3v) is 3.67. The smallest absolute Gasteiger partial charge is 0.0655 e.